The number of thiophene rings is 1. The van der Waals surface area contributed by atoms with Crippen LogP contribution in [0.1, 0.15) is 17.7 Å². The molecule has 28 heavy (non-hydrogen) atoms. The van der Waals surface area contributed by atoms with Crippen molar-refractivity contribution in [2.75, 3.05) is 7.11 Å². The maximum atomic E-state index is 14.4. The summed E-state index contributed by atoms with van der Waals surface area (Å²) in [5.41, 5.74) is 2.55. The largest absolute Gasteiger partial charge is 0.494 e. The molecule has 2 N–H and O–H groups in total. The van der Waals surface area contributed by atoms with E-state index in [9.17, 15) is 12.8 Å². The highest BCUT2D eigenvalue weighted by molar-refractivity contribution is 7.89. The van der Waals surface area contributed by atoms with E-state index in [1.807, 2.05) is 12.3 Å². The van der Waals surface area contributed by atoms with Gasteiger partial charge in [-0.1, -0.05) is 37.3 Å². The summed E-state index contributed by atoms with van der Waals surface area (Å²) < 4.78 is 43.6. The molecule has 1 atom stereocenters. The molecule has 0 aliphatic carbocycles. The number of halogens is 1. The zero-order chi connectivity index (χ0) is 20.5. The van der Waals surface area contributed by atoms with Crippen LogP contribution in [-0.4, -0.2) is 15.5 Å². The Labute approximate surface area is 168 Å². The Bertz CT molecular complexity index is 1140. The molecule has 3 aromatic rings. The number of ether oxygens (including phenoxy) is 1. The molecule has 0 saturated carbocycles. The van der Waals surface area contributed by atoms with Crippen molar-refractivity contribution in [3.8, 4) is 28.0 Å². The summed E-state index contributed by atoms with van der Waals surface area (Å²) >= 11 is 1.47. The van der Waals surface area contributed by atoms with Crippen LogP contribution in [0.15, 0.2) is 65.4 Å². The number of hydrogen-bond donors (Lipinski definition) is 1. The van der Waals surface area contributed by atoms with Gasteiger partial charge in [0, 0.05) is 27.5 Å². The predicted molar refractivity (Wildman–Crippen MR) is 112 cm³/mol. The van der Waals surface area contributed by atoms with Gasteiger partial charge in [-0.25, -0.2) is 17.9 Å². The van der Waals surface area contributed by atoms with Crippen molar-refractivity contribution in [2.45, 2.75) is 17.7 Å². The lowest BCUT2D eigenvalue weighted by Gasteiger charge is -2.14. The molecule has 0 aliphatic rings. The zero-order valence-corrected chi connectivity index (χ0v) is 17.1. The van der Waals surface area contributed by atoms with Crippen LogP contribution in [0.3, 0.4) is 0 Å². The van der Waals surface area contributed by atoms with Crippen molar-refractivity contribution >= 4 is 21.4 Å². The lowest BCUT2D eigenvalue weighted by molar-refractivity contribution is 0.386. The van der Waals surface area contributed by atoms with Crippen LogP contribution in [0, 0.1) is 5.82 Å². The standard InChI is InChI=1S/C21H20FNO3S2/c1-4-13(2)21-20(14-9-10-18(26-3)17(22)11-14)16(12-27-21)15-7-5-6-8-19(15)28(23,24)25/h4-13H,1H2,2-3H3,(H2,23,24,25). The molecule has 3 rings (SSSR count). The number of primary sulfonamides is 1. The molecule has 2 aromatic carbocycles. The number of methoxy groups -OCH3 is 1. The average Bonchev–Trinajstić information content (AvgIpc) is 3.11. The first-order valence-electron chi connectivity index (χ1n) is 8.48. The summed E-state index contributed by atoms with van der Waals surface area (Å²) in [4.78, 5) is 0.986. The molecule has 4 nitrogen and oxygen atoms in total. The second kappa shape index (κ2) is 7.87. The van der Waals surface area contributed by atoms with Gasteiger partial charge < -0.3 is 4.74 Å². The molecule has 1 aromatic heterocycles. The Hall–Kier alpha value is -2.48. The summed E-state index contributed by atoms with van der Waals surface area (Å²) in [7, 11) is -2.52. The van der Waals surface area contributed by atoms with Gasteiger partial charge in [-0.2, -0.15) is 0 Å². The van der Waals surface area contributed by atoms with Gasteiger partial charge in [-0.15, -0.1) is 17.9 Å². The summed E-state index contributed by atoms with van der Waals surface area (Å²) in [5.74, 6) is -0.349. The minimum atomic E-state index is -3.93. The topological polar surface area (TPSA) is 69.4 Å². The molecule has 0 bridgehead atoms. The van der Waals surface area contributed by atoms with Crippen LogP contribution < -0.4 is 9.88 Å². The predicted octanol–water partition coefficient (Wildman–Crippen LogP) is 5.17. The van der Waals surface area contributed by atoms with Gasteiger partial charge in [0.15, 0.2) is 11.6 Å². The van der Waals surface area contributed by atoms with E-state index < -0.39 is 15.8 Å². The van der Waals surface area contributed by atoms with Gasteiger partial charge in [0.25, 0.3) is 0 Å². The smallest absolute Gasteiger partial charge is 0.238 e. The lowest BCUT2D eigenvalue weighted by atomic mass is 9.93. The number of benzene rings is 2. The number of nitrogens with two attached hydrogens (primary N) is 1. The maximum Gasteiger partial charge on any atom is 0.238 e. The summed E-state index contributed by atoms with van der Waals surface area (Å²) in [6.45, 7) is 5.84. The first-order chi connectivity index (χ1) is 13.3. The number of hydrogen-bond acceptors (Lipinski definition) is 4. The van der Waals surface area contributed by atoms with Crippen molar-refractivity contribution in [3.63, 3.8) is 0 Å². The first-order valence-corrected chi connectivity index (χ1v) is 10.9. The lowest BCUT2D eigenvalue weighted by Crippen LogP contribution is -2.13. The molecule has 0 saturated heterocycles. The van der Waals surface area contributed by atoms with Crippen molar-refractivity contribution in [3.05, 3.63) is 71.2 Å². The molecule has 0 spiro atoms. The van der Waals surface area contributed by atoms with Crippen molar-refractivity contribution in [1.29, 1.82) is 0 Å². The van der Waals surface area contributed by atoms with Crippen LogP contribution in [0.5, 0.6) is 5.75 Å². The van der Waals surface area contributed by atoms with Gasteiger partial charge in [0.05, 0.1) is 12.0 Å². The van der Waals surface area contributed by atoms with Crippen molar-refractivity contribution in [1.82, 2.24) is 0 Å². The second-order valence-electron chi connectivity index (χ2n) is 6.30. The van der Waals surface area contributed by atoms with Crippen LogP contribution in [0.2, 0.25) is 0 Å². The average molecular weight is 418 g/mol. The molecule has 7 heteroatoms. The normalized spacial score (nSPS) is 12.6. The van der Waals surface area contributed by atoms with Gasteiger partial charge in [0.2, 0.25) is 10.0 Å². The van der Waals surface area contributed by atoms with E-state index in [4.69, 9.17) is 9.88 Å². The SMILES string of the molecule is C=CC(C)c1scc(-c2ccccc2S(N)(=O)=O)c1-c1ccc(OC)c(F)c1. The number of sulfonamides is 1. The molecule has 0 fully saturated rings. The molecule has 0 aliphatic heterocycles. The third-order valence-corrected chi connectivity index (χ3v) is 6.66. The Balaban J connectivity index is 2.33. The van der Waals surface area contributed by atoms with E-state index >= 15 is 0 Å². The Morgan fingerprint density at radius 2 is 1.93 bits per heavy atom. The van der Waals surface area contributed by atoms with Crippen LogP contribution >= 0.6 is 11.3 Å². The fourth-order valence-corrected chi connectivity index (χ4v) is 4.97. The molecular weight excluding hydrogens is 397 g/mol. The molecular formula is C21H20FNO3S2. The molecule has 1 unspecified atom stereocenters. The Morgan fingerprint density at radius 3 is 2.54 bits per heavy atom. The Kier molecular flexibility index (Phi) is 5.69. The van der Waals surface area contributed by atoms with Gasteiger partial charge in [0.1, 0.15) is 0 Å². The zero-order valence-electron chi connectivity index (χ0n) is 15.5. The second-order valence-corrected chi connectivity index (χ2v) is 8.74. The van der Waals surface area contributed by atoms with Gasteiger partial charge in [-0.05, 0) is 29.1 Å². The minimum Gasteiger partial charge on any atom is -0.494 e. The summed E-state index contributed by atoms with van der Waals surface area (Å²) in [6.07, 6.45) is 1.80. The molecule has 0 amide bonds. The maximum absolute atomic E-state index is 14.4. The van der Waals surface area contributed by atoms with Crippen LogP contribution in [-0.2, 0) is 10.0 Å². The van der Waals surface area contributed by atoms with E-state index in [1.165, 1.54) is 30.6 Å². The van der Waals surface area contributed by atoms with Gasteiger partial charge >= 0.3 is 0 Å². The highest BCUT2D eigenvalue weighted by Crippen LogP contribution is 2.45. The molecule has 146 valence electrons. The van der Waals surface area contributed by atoms with Crippen molar-refractivity contribution < 1.29 is 17.5 Å². The third kappa shape index (κ3) is 3.73. The van der Waals surface area contributed by atoms with Crippen LogP contribution in [0.4, 0.5) is 4.39 Å². The highest BCUT2D eigenvalue weighted by Gasteiger charge is 2.23. The van der Waals surface area contributed by atoms with E-state index in [0.29, 0.717) is 16.7 Å². The van der Waals surface area contributed by atoms with Crippen LogP contribution in [0.25, 0.3) is 22.3 Å². The third-order valence-electron chi connectivity index (χ3n) is 4.51. The summed E-state index contributed by atoms with van der Waals surface area (Å²) in [6, 6.07) is 11.2. The number of rotatable bonds is 6. The summed E-state index contributed by atoms with van der Waals surface area (Å²) in [5, 5.41) is 7.29. The fraction of sp³-hybridized carbons (Fsp3) is 0.143. The molecule has 0 radical (unpaired) electrons. The first kappa shape index (κ1) is 20.3. The highest BCUT2D eigenvalue weighted by atomic mass is 32.2. The van der Waals surface area contributed by atoms with E-state index in [1.54, 1.807) is 36.4 Å². The Morgan fingerprint density at radius 1 is 1.21 bits per heavy atom. The number of allylic oxidation sites excluding steroid dienone is 1. The van der Waals surface area contributed by atoms with Crippen molar-refractivity contribution in [2.24, 2.45) is 5.14 Å². The quantitative estimate of drug-likeness (QED) is 0.563. The minimum absolute atomic E-state index is 0.000517. The van der Waals surface area contributed by atoms with E-state index in [0.717, 1.165) is 10.4 Å². The molecule has 1 heterocycles. The fourth-order valence-electron chi connectivity index (χ4n) is 3.07. The van der Waals surface area contributed by atoms with E-state index in [-0.39, 0.29) is 16.6 Å². The van der Waals surface area contributed by atoms with Gasteiger partial charge in [-0.3, -0.25) is 0 Å². The van der Waals surface area contributed by atoms with E-state index in [2.05, 4.69) is 6.58 Å². The monoisotopic (exact) mass is 417 g/mol.